The molecule has 2 atom stereocenters. The van der Waals surface area contributed by atoms with Gasteiger partial charge in [-0.05, 0) is 36.5 Å². The first kappa shape index (κ1) is 20.3. The van der Waals surface area contributed by atoms with Crippen molar-refractivity contribution < 1.29 is 9.59 Å². The number of hydrogen-bond acceptors (Lipinski definition) is 3. The quantitative estimate of drug-likeness (QED) is 0.742. The summed E-state index contributed by atoms with van der Waals surface area (Å²) in [6.07, 6.45) is 2.57. The molecule has 2 heterocycles. The van der Waals surface area contributed by atoms with Gasteiger partial charge < -0.3 is 20.4 Å². The number of urea groups is 1. The summed E-state index contributed by atoms with van der Waals surface area (Å²) in [5, 5.41) is 6.14. The normalized spacial score (nSPS) is 19.7. The number of amides is 3. The van der Waals surface area contributed by atoms with Gasteiger partial charge in [0, 0.05) is 44.8 Å². The van der Waals surface area contributed by atoms with Gasteiger partial charge in [0.05, 0.1) is 6.04 Å². The van der Waals surface area contributed by atoms with E-state index in [1.165, 1.54) is 5.69 Å². The maximum Gasteiger partial charge on any atom is 0.315 e. The van der Waals surface area contributed by atoms with E-state index in [2.05, 4.69) is 39.8 Å². The molecule has 2 unspecified atom stereocenters. The lowest BCUT2D eigenvalue weighted by Gasteiger charge is -2.25. The number of carbonyl (C=O) groups excluding carboxylic acids is 2. The van der Waals surface area contributed by atoms with Crippen LogP contribution in [0, 0.1) is 5.92 Å². The van der Waals surface area contributed by atoms with Gasteiger partial charge in [-0.25, -0.2) is 4.79 Å². The number of likely N-dealkylation sites (tertiary alicyclic amines) is 1. The van der Waals surface area contributed by atoms with Crippen molar-refractivity contribution in [3.8, 4) is 0 Å². The van der Waals surface area contributed by atoms with Gasteiger partial charge in [-0.3, -0.25) is 4.79 Å². The van der Waals surface area contributed by atoms with Crippen LogP contribution in [0.1, 0.15) is 30.9 Å². The summed E-state index contributed by atoms with van der Waals surface area (Å²) in [5.74, 6) is 0.608. The van der Waals surface area contributed by atoms with E-state index in [1.807, 2.05) is 41.3 Å². The van der Waals surface area contributed by atoms with Crippen LogP contribution < -0.4 is 15.5 Å². The molecule has 0 aliphatic carbocycles. The molecule has 0 saturated carbocycles. The number of nitrogens with one attached hydrogen (secondary N) is 2. The number of para-hydroxylation sites is 1. The minimum Gasteiger partial charge on any atom is -0.371 e. The van der Waals surface area contributed by atoms with Gasteiger partial charge in [0.2, 0.25) is 5.91 Å². The van der Waals surface area contributed by atoms with E-state index >= 15 is 0 Å². The summed E-state index contributed by atoms with van der Waals surface area (Å²) in [7, 11) is 0. The Hall–Kier alpha value is -3.02. The van der Waals surface area contributed by atoms with Crippen molar-refractivity contribution in [2.75, 3.05) is 37.6 Å². The zero-order valence-electron chi connectivity index (χ0n) is 17.3. The third-order valence-corrected chi connectivity index (χ3v) is 6.04. The van der Waals surface area contributed by atoms with E-state index in [4.69, 9.17) is 0 Å². The maximum atomic E-state index is 12.7. The lowest BCUT2D eigenvalue weighted by Crippen LogP contribution is -2.44. The molecule has 2 aliphatic rings. The van der Waals surface area contributed by atoms with Gasteiger partial charge in [0.1, 0.15) is 0 Å². The van der Waals surface area contributed by atoms with Crippen LogP contribution in [0.4, 0.5) is 10.5 Å². The molecule has 0 bridgehead atoms. The highest BCUT2D eigenvalue weighted by Gasteiger charge is 2.26. The lowest BCUT2D eigenvalue weighted by molar-refractivity contribution is -0.128. The SMILES string of the molecule is O=C(NCC1CCN(c2ccccc2)C1)NC(CN1CCCC1=O)c1ccccc1. The highest BCUT2D eigenvalue weighted by Crippen LogP contribution is 2.23. The molecule has 0 spiro atoms. The second-order valence-electron chi connectivity index (χ2n) is 8.20. The Morgan fingerprint density at radius 2 is 1.77 bits per heavy atom. The number of benzene rings is 2. The molecule has 2 aromatic rings. The Morgan fingerprint density at radius 1 is 1.03 bits per heavy atom. The summed E-state index contributed by atoms with van der Waals surface area (Å²) in [4.78, 5) is 28.9. The van der Waals surface area contributed by atoms with Gasteiger partial charge in [-0.1, -0.05) is 48.5 Å². The molecule has 2 N–H and O–H groups in total. The van der Waals surface area contributed by atoms with E-state index in [-0.39, 0.29) is 18.0 Å². The lowest BCUT2D eigenvalue weighted by atomic mass is 10.1. The van der Waals surface area contributed by atoms with Gasteiger partial charge in [0.15, 0.2) is 0 Å². The molecule has 30 heavy (non-hydrogen) atoms. The second-order valence-corrected chi connectivity index (χ2v) is 8.20. The molecule has 3 amide bonds. The number of anilines is 1. The van der Waals surface area contributed by atoms with E-state index in [9.17, 15) is 9.59 Å². The first-order chi connectivity index (χ1) is 14.7. The minimum atomic E-state index is -0.211. The van der Waals surface area contributed by atoms with Crippen LogP contribution >= 0.6 is 0 Å². The second kappa shape index (κ2) is 9.65. The number of hydrogen-bond donors (Lipinski definition) is 2. The Kier molecular flexibility index (Phi) is 6.52. The number of rotatable bonds is 7. The van der Waals surface area contributed by atoms with Crippen LogP contribution in [-0.4, -0.2) is 49.6 Å². The summed E-state index contributed by atoms with van der Waals surface area (Å²) in [6.45, 7) is 3.90. The third-order valence-electron chi connectivity index (χ3n) is 6.04. The molecule has 0 radical (unpaired) electrons. The van der Waals surface area contributed by atoms with Gasteiger partial charge >= 0.3 is 6.03 Å². The number of nitrogens with zero attached hydrogens (tertiary/aromatic N) is 2. The van der Waals surface area contributed by atoms with Gasteiger partial charge in [0.25, 0.3) is 0 Å². The maximum absolute atomic E-state index is 12.7. The molecule has 2 aliphatic heterocycles. The van der Waals surface area contributed by atoms with Crippen LogP contribution in [-0.2, 0) is 4.79 Å². The van der Waals surface area contributed by atoms with Gasteiger partial charge in [-0.15, -0.1) is 0 Å². The first-order valence-corrected chi connectivity index (χ1v) is 10.9. The van der Waals surface area contributed by atoms with Crippen molar-refractivity contribution in [2.24, 2.45) is 5.92 Å². The van der Waals surface area contributed by atoms with E-state index in [0.29, 0.717) is 25.4 Å². The van der Waals surface area contributed by atoms with Crippen LogP contribution in [0.2, 0.25) is 0 Å². The van der Waals surface area contributed by atoms with Crippen molar-refractivity contribution in [1.82, 2.24) is 15.5 Å². The predicted octanol–water partition coefficient (Wildman–Crippen LogP) is 3.18. The Bertz CT molecular complexity index is 843. The summed E-state index contributed by atoms with van der Waals surface area (Å²) >= 11 is 0. The molecule has 6 heteroatoms. The fraction of sp³-hybridized carbons (Fsp3) is 0.417. The van der Waals surface area contributed by atoms with Crippen LogP contribution in [0.5, 0.6) is 0 Å². The van der Waals surface area contributed by atoms with Crippen LogP contribution in [0.25, 0.3) is 0 Å². The minimum absolute atomic E-state index is 0.171. The third kappa shape index (κ3) is 5.12. The van der Waals surface area contributed by atoms with Crippen molar-refractivity contribution in [2.45, 2.75) is 25.3 Å². The fourth-order valence-corrected chi connectivity index (χ4v) is 4.36. The van der Waals surface area contributed by atoms with E-state index in [0.717, 1.165) is 38.0 Å². The molecular formula is C24H30N4O2. The van der Waals surface area contributed by atoms with Crippen molar-refractivity contribution in [1.29, 1.82) is 0 Å². The molecule has 2 aromatic carbocycles. The highest BCUT2D eigenvalue weighted by molar-refractivity contribution is 5.78. The monoisotopic (exact) mass is 406 g/mol. The largest absolute Gasteiger partial charge is 0.371 e. The van der Waals surface area contributed by atoms with E-state index < -0.39 is 0 Å². The zero-order valence-corrected chi connectivity index (χ0v) is 17.3. The molecule has 6 nitrogen and oxygen atoms in total. The summed E-state index contributed by atoms with van der Waals surface area (Å²) in [5.41, 5.74) is 2.26. The van der Waals surface area contributed by atoms with Crippen molar-refractivity contribution >= 4 is 17.6 Å². The first-order valence-electron chi connectivity index (χ1n) is 10.9. The Morgan fingerprint density at radius 3 is 2.47 bits per heavy atom. The highest BCUT2D eigenvalue weighted by atomic mass is 16.2. The smallest absolute Gasteiger partial charge is 0.315 e. The Balaban J connectivity index is 1.30. The average molecular weight is 407 g/mol. The fourth-order valence-electron chi connectivity index (χ4n) is 4.36. The van der Waals surface area contributed by atoms with E-state index in [1.54, 1.807) is 0 Å². The van der Waals surface area contributed by atoms with Crippen LogP contribution in [0.15, 0.2) is 60.7 Å². The predicted molar refractivity (Wildman–Crippen MR) is 118 cm³/mol. The molecule has 158 valence electrons. The number of carbonyl (C=O) groups is 2. The standard InChI is InChI=1S/C24H30N4O2/c29-23-12-7-14-28(23)18-22(20-8-3-1-4-9-20)26-24(30)25-16-19-13-15-27(17-19)21-10-5-2-6-11-21/h1-6,8-11,19,22H,7,12-18H2,(H2,25,26,30). The van der Waals surface area contributed by atoms with Crippen molar-refractivity contribution in [3.05, 3.63) is 66.2 Å². The topological polar surface area (TPSA) is 64.7 Å². The average Bonchev–Trinajstić information content (AvgIpc) is 3.42. The van der Waals surface area contributed by atoms with Gasteiger partial charge in [-0.2, -0.15) is 0 Å². The summed E-state index contributed by atoms with van der Waals surface area (Å²) in [6, 6.07) is 19.9. The molecule has 2 fully saturated rings. The Labute approximate surface area is 178 Å². The summed E-state index contributed by atoms with van der Waals surface area (Å²) < 4.78 is 0. The molecule has 4 rings (SSSR count). The molecule has 2 saturated heterocycles. The zero-order chi connectivity index (χ0) is 20.8. The van der Waals surface area contributed by atoms with Crippen LogP contribution in [0.3, 0.4) is 0 Å². The molecule has 0 aromatic heterocycles. The van der Waals surface area contributed by atoms with Crippen molar-refractivity contribution in [3.63, 3.8) is 0 Å². The molecular weight excluding hydrogens is 376 g/mol.